The number of hydrogen-bond acceptors (Lipinski definition) is 2. The van der Waals surface area contributed by atoms with Crippen molar-refractivity contribution in [1.82, 2.24) is 5.32 Å². The lowest BCUT2D eigenvalue weighted by Crippen LogP contribution is -2.27. The van der Waals surface area contributed by atoms with Gasteiger partial charge in [-0.3, -0.25) is 0 Å². The summed E-state index contributed by atoms with van der Waals surface area (Å²) in [4.78, 5) is 10.8. The zero-order chi connectivity index (χ0) is 14.5. The van der Waals surface area contributed by atoms with Crippen LogP contribution in [0.5, 0.6) is 0 Å². The van der Waals surface area contributed by atoms with Crippen LogP contribution in [0, 0.1) is 11.8 Å². The van der Waals surface area contributed by atoms with Gasteiger partial charge in [0.25, 0.3) is 0 Å². The van der Waals surface area contributed by atoms with Gasteiger partial charge in [-0.15, -0.1) is 0 Å². The van der Waals surface area contributed by atoms with Crippen LogP contribution in [0.25, 0.3) is 0 Å². The highest BCUT2D eigenvalue weighted by Gasteiger charge is 2.23. The van der Waals surface area contributed by atoms with Crippen molar-refractivity contribution < 1.29 is 4.79 Å². The van der Waals surface area contributed by atoms with Gasteiger partial charge < -0.3 is 16.4 Å². The number of hydrogen-bond donors (Lipinski definition) is 3. The Hall–Kier alpha value is -1.55. The fraction of sp³-hybridized carbons (Fsp3) is 0.562. The van der Waals surface area contributed by atoms with E-state index in [1.165, 1.54) is 24.8 Å². The number of urea groups is 1. The SMILES string of the molecule is CC(NCC1CCCC1C)c1ccc(NC(N)=O)cc1. The predicted molar refractivity (Wildman–Crippen MR) is 82.6 cm³/mol. The lowest BCUT2D eigenvalue weighted by molar-refractivity contribution is 0.259. The van der Waals surface area contributed by atoms with Crippen LogP contribution in [-0.4, -0.2) is 12.6 Å². The third-order valence-corrected chi connectivity index (χ3v) is 4.40. The molecule has 4 heteroatoms. The molecule has 20 heavy (non-hydrogen) atoms. The number of benzene rings is 1. The van der Waals surface area contributed by atoms with E-state index in [9.17, 15) is 4.79 Å². The number of carbonyl (C=O) groups excluding carboxylic acids is 1. The number of amides is 2. The first-order chi connectivity index (χ1) is 9.56. The molecule has 0 aromatic heterocycles. The minimum Gasteiger partial charge on any atom is -0.351 e. The maximum atomic E-state index is 10.8. The number of rotatable bonds is 5. The molecule has 3 atom stereocenters. The molecule has 4 nitrogen and oxygen atoms in total. The minimum absolute atomic E-state index is 0.324. The van der Waals surface area contributed by atoms with Crippen LogP contribution in [-0.2, 0) is 0 Å². The van der Waals surface area contributed by atoms with E-state index in [0.717, 1.165) is 24.1 Å². The fourth-order valence-electron chi connectivity index (χ4n) is 2.97. The maximum absolute atomic E-state index is 10.8. The van der Waals surface area contributed by atoms with Gasteiger partial charge in [0, 0.05) is 11.7 Å². The molecule has 110 valence electrons. The summed E-state index contributed by atoms with van der Waals surface area (Å²) in [6.07, 6.45) is 4.09. The van der Waals surface area contributed by atoms with Crippen molar-refractivity contribution >= 4 is 11.7 Å². The smallest absolute Gasteiger partial charge is 0.316 e. The number of primary amides is 1. The van der Waals surface area contributed by atoms with E-state index < -0.39 is 6.03 Å². The Bertz CT molecular complexity index is 444. The number of anilines is 1. The summed E-state index contributed by atoms with van der Waals surface area (Å²) in [5.74, 6) is 1.66. The van der Waals surface area contributed by atoms with E-state index in [4.69, 9.17) is 5.73 Å². The molecule has 0 bridgehead atoms. The molecule has 2 amide bonds. The largest absolute Gasteiger partial charge is 0.351 e. The zero-order valence-electron chi connectivity index (χ0n) is 12.4. The Kier molecular flexibility index (Phi) is 5.01. The predicted octanol–water partition coefficient (Wildman–Crippen LogP) is 3.26. The van der Waals surface area contributed by atoms with Crippen LogP contribution >= 0.6 is 0 Å². The van der Waals surface area contributed by atoms with Gasteiger partial charge in [0.15, 0.2) is 0 Å². The molecule has 1 aliphatic rings. The molecule has 0 saturated heterocycles. The molecule has 1 aliphatic carbocycles. The number of carbonyl (C=O) groups is 1. The molecule has 1 fully saturated rings. The van der Waals surface area contributed by atoms with Crippen LogP contribution in [0.3, 0.4) is 0 Å². The highest BCUT2D eigenvalue weighted by molar-refractivity contribution is 5.87. The first kappa shape index (κ1) is 14.9. The van der Waals surface area contributed by atoms with Gasteiger partial charge in [-0.1, -0.05) is 31.9 Å². The standard InChI is InChI=1S/C16H25N3O/c1-11-4-3-5-14(11)10-18-12(2)13-6-8-15(9-7-13)19-16(17)20/h6-9,11-12,14,18H,3-5,10H2,1-2H3,(H3,17,19,20). The van der Waals surface area contributed by atoms with E-state index in [-0.39, 0.29) is 0 Å². The Morgan fingerprint density at radius 2 is 2.05 bits per heavy atom. The topological polar surface area (TPSA) is 67.2 Å². The average molecular weight is 275 g/mol. The molecule has 0 aliphatic heterocycles. The summed E-state index contributed by atoms with van der Waals surface area (Å²) >= 11 is 0. The monoisotopic (exact) mass is 275 g/mol. The van der Waals surface area contributed by atoms with E-state index in [2.05, 4.69) is 24.5 Å². The quantitative estimate of drug-likeness (QED) is 0.772. The summed E-state index contributed by atoms with van der Waals surface area (Å²) in [7, 11) is 0. The third kappa shape index (κ3) is 3.97. The fourth-order valence-corrected chi connectivity index (χ4v) is 2.97. The summed E-state index contributed by atoms with van der Waals surface area (Å²) in [6.45, 7) is 5.62. The third-order valence-electron chi connectivity index (χ3n) is 4.40. The highest BCUT2D eigenvalue weighted by atomic mass is 16.2. The molecule has 2 rings (SSSR count). The van der Waals surface area contributed by atoms with Crippen molar-refractivity contribution in [3.05, 3.63) is 29.8 Å². The van der Waals surface area contributed by atoms with E-state index >= 15 is 0 Å². The van der Waals surface area contributed by atoms with Gasteiger partial charge in [-0.05, 0) is 49.4 Å². The van der Waals surface area contributed by atoms with Gasteiger partial charge in [0.1, 0.15) is 0 Å². The molecule has 3 unspecified atom stereocenters. The second kappa shape index (κ2) is 6.75. The van der Waals surface area contributed by atoms with Crippen molar-refractivity contribution in [1.29, 1.82) is 0 Å². The average Bonchev–Trinajstić information content (AvgIpc) is 2.82. The van der Waals surface area contributed by atoms with E-state index in [1.807, 2.05) is 24.3 Å². The second-order valence-corrected chi connectivity index (χ2v) is 5.91. The molecular formula is C16H25N3O. The molecular weight excluding hydrogens is 250 g/mol. The summed E-state index contributed by atoms with van der Waals surface area (Å²) in [5.41, 5.74) is 7.05. The van der Waals surface area contributed by atoms with Crippen molar-refractivity contribution in [2.45, 2.75) is 39.2 Å². The zero-order valence-corrected chi connectivity index (χ0v) is 12.4. The van der Waals surface area contributed by atoms with Crippen molar-refractivity contribution in [2.75, 3.05) is 11.9 Å². The van der Waals surface area contributed by atoms with Crippen LogP contribution in [0.2, 0.25) is 0 Å². The molecule has 1 aromatic carbocycles. The first-order valence-electron chi connectivity index (χ1n) is 7.46. The van der Waals surface area contributed by atoms with Gasteiger partial charge in [-0.25, -0.2) is 4.79 Å². The lowest BCUT2D eigenvalue weighted by atomic mass is 9.97. The second-order valence-electron chi connectivity index (χ2n) is 5.91. The lowest BCUT2D eigenvalue weighted by Gasteiger charge is -2.20. The van der Waals surface area contributed by atoms with Crippen LogP contribution < -0.4 is 16.4 Å². The first-order valence-corrected chi connectivity index (χ1v) is 7.46. The van der Waals surface area contributed by atoms with E-state index in [0.29, 0.717) is 6.04 Å². The van der Waals surface area contributed by atoms with Crippen LogP contribution in [0.4, 0.5) is 10.5 Å². The maximum Gasteiger partial charge on any atom is 0.316 e. The number of nitrogens with one attached hydrogen (secondary N) is 2. The van der Waals surface area contributed by atoms with Gasteiger partial charge in [-0.2, -0.15) is 0 Å². The van der Waals surface area contributed by atoms with Crippen LogP contribution in [0.1, 0.15) is 44.7 Å². The molecule has 0 spiro atoms. The summed E-state index contributed by atoms with van der Waals surface area (Å²) in [5, 5.41) is 6.19. The van der Waals surface area contributed by atoms with Crippen molar-refractivity contribution in [3.8, 4) is 0 Å². The molecule has 1 saturated carbocycles. The highest BCUT2D eigenvalue weighted by Crippen LogP contribution is 2.31. The van der Waals surface area contributed by atoms with Gasteiger partial charge in [0.2, 0.25) is 0 Å². The van der Waals surface area contributed by atoms with Gasteiger partial charge in [0.05, 0.1) is 0 Å². The van der Waals surface area contributed by atoms with Crippen molar-refractivity contribution in [3.63, 3.8) is 0 Å². The molecule has 0 heterocycles. The number of nitrogens with two attached hydrogens (primary N) is 1. The summed E-state index contributed by atoms with van der Waals surface area (Å²) < 4.78 is 0. The minimum atomic E-state index is -0.529. The Balaban J connectivity index is 1.85. The Labute approximate surface area is 121 Å². The summed E-state index contributed by atoms with van der Waals surface area (Å²) in [6, 6.07) is 7.62. The van der Waals surface area contributed by atoms with Crippen LogP contribution in [0.15, 0.2) is 24.3 Å². The molecule has 0 radical (unpaired) electrons. The Morgan fingerprint density at radius 1 is 1.35 bits per heavy atom. The molecule has 4 N–H and O–H groups in total. The molecule has 1 aromatic rings. The normalized spacial score (nSPS) is 23.5. The van der Waals surface area contributed by atoms with Crippen molar-refractivity contribution in [2.24, 2.45) is 17.6 Å². The Morgan fingerprint density at radius 3 is 2.60 bits per heavy atom. The van der Waals surface area contributed by atoms with Gasteiger partial charge >= 0.3 is 6.03 Å². The van der Waals surface area contributed by atoms with E-state index in [1.54, 1.807) is 0 Å².